The molecule has 0 spiro atoms. The molecule has 3 nitrogen and oxygen atoms in total. The van der Waals surface area contributed by atoms with Gasteiger partial charge in [-0.05, 0) is 61.2 Å². The predicted octanol–water partition coefficient (Wildman–Crippen LogP) is 3.69. The molecule has 2 rings (SSSR count). The van der Waals surface area contributed by atoms with Crippen LogP contribution in [0, 0.1) is 13.8 Å². The van der Waals surface area contributed by atoms with Gasteiger partial charge in [0.15, 0.2) is 6.61 Å². The van der Waals surface area contributed by atoms with Crippen molar-refractivity contribution < 1.29 is 9.53 Å². The maximum Gasteiger partial charge on any atom is 0.257 e. The highest BCUT2D eigenvalue weighted by atomic mass is 35.5. The second-order valence-electron chi connectivity index (χ2n) is 5.34. The van der Waals surface area contributed by atoms with E-state index in [4.69, 9.17) is 16.3 Å². The lowest BCUT2D eigenvalue weighted by molar-refractivity contribution is -0.123. The second-order valence-corrected chi connectivity index (χ2v) is 5.77. The Bertz CT molecular complexity index is 618. The molecule has 116 valence electrons. The van der Waals surface area contributed by atoms with Crippen molar-refractivity contribution in [2.75, 3.05) is 13.2 Å². The van der Waals surface area contributed by atoms with E-state index in [1.165, 1.54) is 0 Å². The first-order chi connectivity index (χ1) is 10.5. The first-order valence-corrected chi connectivity index (χ1v) is 7.63. The van der Waals surface area contributed by atoms with Crippen LogP contribution in [0.15, 0.2) is 42.5 Å². The molecule has 0 atom stereocenters. The van der Waals surface area contributed by atoms with Gasteiger partial charge in [0.25, 0.3) is 5.91 Å². The zero-order valence-electron chi connectivity index (χ0n) is 12.9. The molecule has 0 saturated heterocycles. The summed E-state index contributed by atoms with van der Waals surface area (Å²) in [6, 6.07) is 13.5. The van der Waals surface area contributed by atoms with Crippen molar-refractivity contribution in [3.05, 3.63) is 64.2 Å². The van der Waals surface area contributed by atoms with Crippen LogP contribution in [0.3, 0.4) is 0 Å². The van der Waals surface area contributed by atoms with Gasteiger partial charge in [-0.15, -0.1) is 0 Å². The molecule has 1 N–H and O–H groups in total. The lowest BCUT2D eigenvalue weighted by Gasteiger charge is -2.09. The highest BCUT2D eigenvalue weighted by Gasteiger charge is 2.03. The van der Waals surface area contributed by atoms with Gasteiger partial charge >= 0.3 is 0 Å². The first-order valence-electron chi connectivity index (χ1n) is 7.25. The second kappa shape index (κ2) is 7.85. The molecule has 0 aliphatic carbocycles. The Morgan fingerprint density at radius 2 is 1.73 bits per heavy atom. The maximum absolute atomic E-state index is 11.8. The molecule has 0 unspecified atom stereocenters. The van der Waals surface area contributed by atoms with E-state index in [1.54, 1.807) is 0 Å². The summed E-state index contributed by atoms with van der Waals surface area (Å²) in [5.41, 5.74) is 3.39. The van der Waals surface area contributed by atoms with Gasteiger partial charge in [0, 0.05) is 11.6 Å². The molecular formula is C18H20ClNO2. The van der Waals surface area contributed by atoms with Crippen molar-refractivity contribution in [2.45, 2.75) is 20.3 Å². The van der Waals surface area contributed by atoms with Crippen LogP contribution in [0.25, 0.3) is 0 Å². The molecule has 0 saturated carbocycles. The molecule has 4 heteroatoms. The first kappa shape index (κ1) is 16.4. The number of amides is 1. The molecule has 0 aromatic heterocycles. The molecule has 0 heterocycles. The summed E-state index contributed by atoms with van der Waals surface area (Å²) in [7, 11) is 0. The SMILES string of the molecule is Cc1cc(C)cc(OCC(=O)NCCc2ccc(Cl)cc2)c1. The number of hydrogen-bond donors (Lipinski definition) is 1. The average molecular weight is 318 g/mol. The summed E-state index contributed by atoms with van der Waals surface area (Å²) >= 11 is 5.83. The van der Waals surface area contributed by atoms with E-state index in [9.17, 15) is 4.79 Å². The molecular weight excluding hydrogens is 298 g/mol. The van der Waals surface area contributed by atoms with E-state index in [1.807, 2.05) is 50.2 Å². The summed E-state index contributed by atoms with van der Waals surface area (Å²) in [6.45, 7) is 4.62. The van der Waals surface area contributed by atoms with Gasteiger partial charge in [0.05, 0.1) is 0 Å². The van der Waals surface area contributed by atoms with Crippen LogP contribution in [-0.2, 0) is 11.2 Å². The van der Waals surface area contributed by atoms with Crippen molar-refractivity contribution in [3.63, 3.8) is 0 Å². The third-order valence-electron chi connectivity index (χ3n) is 3.21. The molecule has 0 aliphatic rings. The lowest BCUT2D eigenvalue weighted by atomic mass is 10.1. The number of aryl methyl sites for hydroxylation is 2. The Hall–Kier alpha value is -2.00. The molecule has 22 heavy (non-hydrogen) atoms. The van der Waals surface area contributed by atoms with Crippen LogP contribution in [0.5, 0.6) is 5.75 Å². The van der Waals surface area contributed by atoms with Crippen LogP contribution in [0.1, 0.15) is 16.7 Å². The Morgan fingerprint density at radius 3 is 2.36 bits per heavy atom. The largest absolute Gasteiger partial charge is 0.484 e. The van der Waals surface area contributed by atoms with E-state index in [-0.39, 0.29) is 12.5 Å². The molecule has 0 bridgehead atoms. The number of benzene rings is 2. The van der Waals surface area contributed by atoms with Crippen LogP contribution < -0.4 is 10.1 Å². The number of carbonyl (C=O) groups excluding carboxylic acids is 1. The fourth-order valence-corrected chi connectivity index (χ4v) is 2.34. The fourth-order valence-electron chi connectivity index (χ4n) is 2.21. The van der Waals surface area contributed by atoms with Gasteiger partial charge in [-0.2, -0.15) is 0 Å². The van der Waals surface area contributed by atoms with E-state index >= 15 is 0 Å². The summed E-state index contributed by atoms with van der Waals surface area (Å²) in [5, 5.41) is 3.57. The van der Waals surface area contributed by atoms with Gasteiger partial charge in [0.2, 0.25) is 0 Å². The normalized spacial score (nSPS) is 10.3. The standard InChI is InChI=1S/C18H20ClNO2/c1-13-9-14(2)11-17(10-13)22-12-18(21)20-8-7-15-3-5-16(19)6-4-15/h3-6,9-11H,7-8,12H2,1-2H3,(H,20,21). The zero-order valence-corrected chi connectivity index (χ0v) is 13.6. The highest BCUT2D eigenvalue weighted by molar-refractivity contribution is 6.30. The average Bonchev–Trinajstić information content (AvgIpc) is 2.46. The minimum atomic E-state index is -0.117. The maximum atomic E-state index is 11.8. The van der Waals surface area contributed by atoms with E-state index in [2.05, 4.69) is 11.4 Å². The van der Waals surface area contributed by atoms with Crippen molar-refractivity contribution in [3.8, 4) is 5.75 Å². The summed E-state index contributed by atoms with van der Waals surface area (Å²) in [6.07, 6.45) is 0.770. The Labute approximate surface area is 136 Å². The van der Waals surface area contributed by atoms with Crippen molar-refractivity contribution in [1.29, 1.82) is 0 Å². The van der Waals surface area contributed by atoms with Crippen molar-refractivity contribution in [1.82, 2.24) is 5.32 Å². The van der Waals surface area contributed by atoms with E-state index in [0.717, 1.165) is 33.9 Å². The molecule has 2 aromatic rings. The summed E-state index contributed by atoms with van der Waals surface area (Å²) in [4.78, 5) is 11.8. The quantitative estimate of drug-likeness (QED) is 0.882. The molecule has 1 amide bonds. The number of rotatable bonds is 6. The zero-order chi connectivity index (χ0) is 15.9. The fraction of sp³-hybridized carbons (Fsp3) is 0.278. The molecule has 0 aliphatic heterocycles. The van der Waals surface area contributed by atoms with Crippen LogP contribution in [0.2, 0.25) is 5.02 Å². The molecule has 0 fully saturated rings. The number of nitrogens with one attached hydrogen (secondary N) is 1. The van der Waals surface area contributed by atoms with Gasteiger partial charge in [-0.3, -0.25) is 4.79 Å². The highest BCUT2D eigenvalue weighted by Crippen LogP contribution is 2.16. The van der Waals surface area contributed by atoms with Crippen molar-refractivity contribution >= 4 is 17.5 Å². The molecule has 2 aromatic carbocycles. The Morgan fingerprint density at radius 1 is 1.09 bits per heavy atom. The van der Waals surface area contributed by atoms with Gasteiger partial charge in [0.1, 0.15) is 5.75 Å². The van der Waals surface area contributed by atoms with Crippen LogP contribution >= 0.6 is 11.6 Å². The Kier molecular flexibility index (Phi) is 5.84. The van der Waals surface area contributed by atoms with E-state index in [0.29, 0.717) is 6.54 Å². The minimum absolute atomic E-state index is 0.0313. The lowest BCUT2D eigenvalue weighted by Crippen LogP contribution is -2.30. The summed E-state index contributed by atoms with van der Waals surface area (Å²) < 4.78 is 5.52. The smallest absolute Gasteiger partial charge is 0.257 e. The van der Waals surface area contributed by atoms with Gasteiger partial charge < -0.3 is 10.1 Å². The topological polar surface area (TPSA) is 38.3 Å². The van der Waals surface area contributed by atoms with Crippen molar-refractivity contribution in [2.24, 2.45) is 0 Å². The minimum Gasteiger partial charge on any atom is -0.484 e. The number of hydrogen-bond acceptors (Lipinski definition) is 2. The number of halogens is 1. The monoisotopic (exact) mass is 317 g/mol. The predicted molar refractivity (Wildman–Crippen MR) is 89.6 cm³/mol. The number of carbonyl (C=O) groups is 1. The Balaban J connectivity index is 1.72. The summed E-state index contributed by atoms with van der Waals surface area (Å²) in [5.74, 6) is 0.610. The third-order valence-corrected chi connectivity index (χ3v) is 3.47. The molecule has 0 radical (unpaired) electrons. The van der Waals surface area contributed by atoms with Gasteiger partial charge in [-0.1, -0.05) is 29.8 Å². The van der Waals surface area contributed by atoms with Gasteiger partial charge in [-0.25, -0.2) is 0 Å². The van der Waals surface area contributed by atoms with Crippen LogP contribution in [-0.4, -0.2) is 19.1 Å². The van der Waals surface area contributed by atoms with Crippen LogP contribution in [0.4, 0.5) is 0 Å². The van der Waals surface area contributed by atoms with E-state index < -0.39 is 0 Å². The third kappa shape index (κ3) is 5.41. The number of ether oxygens (including phenoxy) is 1.